The number of benzene rings is 2. The number of pyridine rings is 1. The predicted molar refractivity (Wildman–Crippen MR) is 127 cm³/mol. The lowest BCUT2D eigenvalue weighted by Crippen LogP contribution is -2.17. The van der Waals surface area contributed by atoms with E-state index in [4.69, 9.17) is 23.2 Å². The molecule has 4 rings (SSSR count). The van der Waals surface area contributed by atoms with Gasteiger partial charge in [-0.05, 0) is 54.1 Å². The van der Waals surface area contributed by atoms with Crippen LogP contribution in [0.15, 0.2) is 65.9 Å². The van der Waals surface area contributed by atoms with Crippen LogP contribution in [0.4, 0.5) is 35.1 Å². The highest BCUT2D eigenvalue weighted by Crippen LogP contribution is 2.29. The van der Waals surface area contributed by atoms with Crippen molar-refractivity contribution in [2.45, 2.75) is 6.36 Å². The topological polar surface area (TPSA) is 97.2 Å². The second-order valence-electron chi connectivity index (χ2n) is 6.88. The largest absolute Gasteiger partial charge is 0.573 e. The van der Waals surface area contributed by atoms with Gasteiger partial charge in [-0.15, -0.1) is 13.2 Å². The Morgan fingerprint density at radius 1 is 0.917 bits per heavy atom. The maximum absolute atomic E-state index is 14.5. The van der Waals surface area contributed by atoms with Crippen molar-refractivity contribution >= 4 is 47.0 Å². The molecular weight excluding hydrogens is 525 g/mol. The Kier molecular flexibility index (Phi) is 7.46. The number of alkyl halides is 3. The first kappa shape index (κ1) is 25.1. The number of aromatic nitrogens is 4. The molecule has 0 saturated heterocycles. The van der Waals surface area contributed by atoms with Gasteiger partial charge in [0.25, 0.3) is 0 Å². The van der Waals surface area contributed by atoms with E-state index in [1.54, 1.807) is 12.1 Å². The minimum absolute atomic E-state index is 0.0230. The quantitative estimate of drug-likeness (QED) is 0.121. The van der Waals surface area contributed by atoms with Crippen LogP contribution in [0, 0.1) is 5.82 Å². The average molecular weight is 538 g/mol. The summed E-state index contributed by atoms with van der Waals surface area (Å²) in [7, 11) is 0. The van der Waals surface area contributed by atoms with Crippen molar-refractivity contribution in [1.29, 1.82) is 0 Å². The van der Waals surface area contributed by atoms with Crippen LogP contribution in [0.1, 0.15) is 5.56 Å². The second kappa shape index (κ2) is 10.7. The van der Waals surface area contributed by atoms with Gasteiger partial charge in [0.15, 0.2) is 5.82 Å². The van der Waals surface area contributed by atoms with Gasteiger partial charge in [-0.25, -0.2) is 14.8 Å². The molecule has 0 aliphatic carbocycles. The number of hydrogen-bond donors (Lipinski definition) is 2. The zero-order chi connectivity index (χ0) is 25.7. The van der Waals surface area contributed by atoms with E-state index in [1.165, 1.54) is 42.7 Å². The van der Waals surface area contributed by atoms with Gasteiger partial charge >= 0.3 is 6.36 Å². The lowest BCUT2D eigenvalue weighted by Gasteiger charge is -2.10. The van der Waals surface area contributed by atoms with Crippen LogP contribution in [-0.2, 0) is 0 Å². The van der Waals surface area contributed by atoms with E-state index in [-0.39, 0.29) is 39.2 Å². The average Bonchev–Trinajstić information content (AvgIpc) is 2.81. The van der Waals surface area contributed by atoms with Crippen LogP contribution < -0.4 is 15.5 Å². The third-order valence-corrected chi connectivity index (χ3v) is 4.84. The Balaban J connectivity index is 1.60. The summed E-state index contributed by atoms with van der Waals surface area (Å²) in [6.45, 7) is 0. The molecule has 0 aliphatic heterocycles. The molecule has 0 bridgehead atoms. The number of nitrogens with one attached hydrogen (secondary N) is 2. The Labute approximate surface area is 211 Å². The molecule has 0 saturated carbocycles. The molecule has 0 atom stereocenters. The Hall–Kier alpha value is -4.03. The molecule has 14 heteroatoms. The summed E-state index contributed by atoms with van der Waals surface area (Å²) < 4.78 is 55.3. The highest BCUT2D eigenvalue weighted by molar-refractivity contribution is 6.33. The van der Waals surface area contributed by atoms with Crippen LogP contribution in [0.25, 0.3) is 11.4 Å². The van der Waals surface area contributed by atoms with Crippen molar-refractivity contribution < 1.29 is 22.3 Å². The molecule has 36 heavy (non-hydrogen) atoms. The summed E-state index contributed by atoms with van der Waals surface area (Å²) in [5, 5.41) is 7.25. The van der Waals surface area contributed by atoms with Crippen LogP contribution >= 0.6 is 23.2 Å². The molecule has 0 amide bonds. The van der Waals surface area contributed by atoms with Crippen LogP contribution in [0.5, 0.6) is 5.75 Å². The molecule has 2 aromatic heterocycles. The molecule has 0 unspecified atom stereocenters. The molecule has 0 radical (unpaired) electrons. The summed E-state index contributed by atoms with van der Waals surface area (Å²) >= 11 is 12.0. The standard InChI is InChI=1S/C22H13Cl2F4N7O/c23-15-2-1-3-16(25)18(15)19-32-20(31-13-6-9-17(24)29-11-13)34-21(33-19)35-30-10-12-4-7-14(8-5-12)36-22(26,27)28/h1-11H,(H2,31,32,33,34,35). The molecule has 4 aromatic rings. The number of halogens is 6. The molecule has 0 spiro atoms. The third-order valence-electron chi connectivity index (χ3n) is 4.30. The van der Waals surface area contributed by atoms with Crippen molar-refractivity contribution in [1.82, 2.24) is 19.9 Å². The lowest BCUT2D eigenvalue weighted by atomic mass is 10.2. The van der Waals surface area contributed by atoms with Crippen molar-refractivity contribution in [2.24, 2.45) is 5.10 Å². The SMILES string of the molecule is Fc1cccc(Cl)c1-c1nc(NN=Cc2ccc(OC(F)(F)F)cc2)nc(Nc2ccc(Cl)nc2)n1. The highest BCUT2D eigenvalue weighted by Gasteiger charge is 2.30. The number of rotatable bonds is 7. The van der Waals surface area contributed by atoms with Crippen LogP contribution in [0.3, 0.4) is 0 Å². The first-order valence-corrected chi connectivity index (χ1v) is 10.7. The molecule has 0 fully saturated rings. The van der Waals surface area contributed by atoms with Gasteiger partial charge in [0.05, 0.1) is 28.7 Å². The van der Waals surface area contributed by atoms with Gasteiger partial charge in [0, 0.05) is 0 Å². The molecule has 184 valence electrons. The van der Waals surface area contributed by atoms with Crippen molar-refractivity contribution in [2.75, 3.05) is 10.7 Å². The molecule has 2 heterocycles. The van der Waals surface area contributed by atoms with E-state index in [2.05, 4.69) is 40.5 Å². The molecule has 2 N–H and O–H groups in total. The molecular formula is C22H13Cl2F4N7O. The fraction of sp³-hybridized carbons (Fsp3) is 0.0455. The van der Waals surface area contributed by atoms with Gasteiger partial charge in [0.2, 0.25) is 11.9 Å². The number of anilines is 3. The third kappa shape index (κ3) is 6.77. The first-order valence-electron chi connectivity index (χ1n) is 9.90. The molecule has 0 aliphatic rings. The van der Waals surface area contributed by atoms with E-state index in [9.17, 15) is 17.6 Å². The number of ether oxygens (including phenoxy) is 1. The van der Waals surface area contributed by atoms with Gasteiger partial charge in [-0.2, -0.15) is 20.1 Å². The number of nitrogens with zero attached hydrogens (tertiary/aromatic N) is 5. The fourth-order valence-electron chi connectivity index (χ4n) is 2.80. The Morgan fingerprint density at radius 3 is 2.33 bits per heavy atom. The van der Waals surface area contributed by atoms with E-state index < -0.39 is 12.2 Å². The summed E-state index contributed by atoms with van der Waals surface area (Å²) in [5.41, 5.74) is 3.48. The van der Waals surface area contributed by atoms with Gasteiger partial charge in [0.1, 0.15) is 16.7 Å². The van der Waals surface area contributed by atoms with E-state index in [0.29, 0.717) is 11.3 Å². The Bertz CT molecular complexity index is 1360. The van der Waals surface area contributed by atoms with Gasteiger partial charge < -0.3 is 10.1 Å². The summed E-state index contributed by atoms with van der Waals surface area (Å²) in [6, 6.07) is 12.3. The number of hydrazone groups is 1. The maximum Gasteiger partial charge on any atom is 0.573 e. The van der Waals surface area contributed by atoms with Crippen molar-refractivity contribution in [3.05, 3.63) is 82.4 Å². The smallest absolute Gasteiger partial charge is 0.406 e. The minimum atomic E-state index is -4.79. The van der Waals surface area contributed by atoms with E-state index in [0.717, 1.165) is 12.1 Å². The Morgan fingerprint density at radius 2 is 1.67 bits per heavy atom. The zero-order valence-corrected chi connectivity index (χ0v) is 19.3. The maximum atomic E-state index is 14.5. The second-order valence-corrected chi connectivity index (χ2v) is 7.68. The predicted octanol–water partition coefficient (Wildman–Crippen LogP) is 6.47. The summed E-state index contributed by atoms with van der Waals surface area (Å²) in [6.07, 6.45) is -2.03. The highest BCUT2D eigenvalue weighted by atomic mass is 35.5. The fourth-order valence-corrected chi connectivity index (χ4v) is 3.16. The zero-order valence-electron chi connectivity index (χ0n) is 17.8. The van der Waals surface area contributed by atoms with Crippen LogP contribution in [0.2, 0.25) is 10.2 Å². The molecule has 2 aromatic carbocycles. The van der Waals surface area contributed by atoms with E-state index in [1.807, 2.05) is 0 Å². The van der Waals surface area contributed by atoms with Crippen molar-refractivity contribution in [3.8, 4) is 17.1 Å². The first-order chi connectivity index (χ1) is 17.2. The van der Waals surface area contributed by atoms with Gasteiger partial charge in [-0.1, -0.05) is 29.3 Å². The summed E-state index contributed by atoms with van der Waals surface area (Å²) in [5.74, 6) is -1.15. The van der Waals surface area contributed by atoms with Crippen molar-refractivity contribution in [3.63, 3.8) is 0 Å². The molecule has 8 nitrogen and oxygen atoms in total. The lowest BCUT2D eigenvalue weighted by molar-refractivity contribution is -0.274. The monoisotopic (exact) mass is 537 g/mol. The van der Waals surface area contributed by atoms with Crippen LogP contribution in [-0.4, -0.2) is 32.5 Å². The van der Waals surface area contributed by atoms with E-state index >= 15 is 0 Å². The summed E-state index contributed by atoms with van der Waals surface area (Å²) in [4.78, 5) is 16.6. The number of hydrogen-bond acceptors (Lipinski definition) is 8. The van der Waals surface area contributed by atoms with Gasteiger partial charge in [-0.3, -0.25) is 0 Å². The normalized spacial score (nSPS) is 11.5. The minimum Gasteiger partial charge on any atom is -0.406 e.